The monoisotopic (exact) mass is 239 g/mol. The van der Waals surface area contributed by atoms with Gasteiger partial charge in [0, 0.05) is 25.4 Å². The second-order valence-corrected chi connectivity index (χ2v) is 5.93. The van der Waals surface area contributed by atoms with Crippen LogP contribution in [-0.2, 0) is 12.8 Å². The van der Waals surface area contributed by atoms with Crippen LogP contribution >= 0.6 is 11.3 Å². The molecule has 1 aromatic rings. The SMILES string of the molecule is CCC(C)Cc1nnc(CCNC2CC2)s1. The Morgan fingerprint density at radius 1 is 1.38 bits per heavy atom. The third kappa shape index (κ3) is 3.83. The molecular weight excluding hydrogens is 218 g/mol. The van der Waals surface area contributed by atoms with E-state index in [2.05, 4.69) is 29.4 Å². The highest BCUT2D eigenvalue weighted by molar-refractivity contribution is 7.11. The Hall–Kier alpha value is -0.480. The molecule has 1 aliphatic carbocycles. The summed E-state index contributed by atoms with van der Waals surface area (Å²) in [6.07, 6.45) is 6.06. The molecule has 0 amide bonds. The summed E-state index contributed by atoms with van der Waals surface area (Å²) in [6.45, 7) is 5.56. The average Bonchev–Trinajstić information content (AvgIpc) is 2.99. The molecule has 0 radical (unpaired) electrons. The number of aromatic nitrogens is 2. The van der Waals surface area contributed by atoms with E-state index in [0.29, 0.717) is 0 Å². The normalized spacial score (nSPS) is 17.6. The van der Waals surface area contributed by atoms with Gasteiger partial charge in [0.15, 0.2) is 0 Å². The van der Waals surface area contributed by atoms with Gasteiger partial charge in [0.25, 0.3) is 0 Å². The van der Waals surface area contributed by atoms with Gasteiger partial charge < -0.3 is 5.32 Å². The van der Waals surface area contributed by atoms with Crippen molar-refractivity contribution in [3.05, 3.63) is 10.0 Å². The van der Waals surface area contributed by atoms with E-state index < -0.39 is 0 Å². The molecule has 2 rings (SSSR count). The van der Waals surface area contributed by atoms with Gasteiger partial charge in [0.05, 0.1) is 0 Å². The minimum Gasteiger partial charge on any atom is -0.314 e. The molecular formula is C12H21N3S. The van der Waals surface area contributed by atoms with Crippen molar-refractivity contribution in [2.45, 2.75) is 52.0 Å². The van der Waals surface area contributed by atoms with E-state index in [1.165, 1.54) is 29.3 Å². The predicted octanol–water partition coefficient (Wildman–Crippen LogP) is 2.42. The van der Waals surface area contributed by atoms with Crippen molar-refractivity contribution in [3.8, 4) is 0 Å². The van der Waals surface area contributed by atoms with Gasteiger partial charge in [-0.15, -0.1) is 21.5 Å². The lowest BCUT2D eigenvalue weighted by atomic mass is 10.1. The largest absolute Gasteiger partial charge is 0.314 e. The van der Waals surface area contributed by atoms with Crippen molar-refractivity contribution < 1.29 is 0 Å². The molecule has 1 saturated carbocycles. The van der Waals surface area contributed by atoms with Crippen LogP contribution in [0.5, 0.6) is 0 Å². The number of nitrogens with one attached hydrogen (secondary N) is 1. The van der Waals surface area contributed by atoms with Crippen molar-refractivity contribution in [1.82, 2.24) is 15.5 Å². The number of hydrogen-bond donors (Lipinski definition) is 1. The Labute approximate surface area is 102 Å². The van der Waals surface area contributed by atoms with Gasteiger partial charge in [-0.3, -0.25) is 0 Å². The van der Waals surface area contributed by atoms with E-state index in [0.717, 1.165) is 31.3 Å². The predicted molar refractivity (Wildman–Crippen MR) is 67.8 cm³/mol. The average molecular weight is 239 g/mol. The summed E-state index contributed by atoms with van der Waals surface area (Å²) < 4.78 is 0. The fourth-order valence-corrected chi connectivity index (χ4v) is 2.59. The summed E-state index contributed by atoms with van der Waals surface area (Å²) in [5, 5.41) is 14.4. The van der Waals surface area contributed by atoms with Crippen LogP contribution in [-0.4, -0.2) is 22.8 Å². The van der Waals surface area contributed by atoms with Gasteiger partial charge in [-0.2, -0.15) is 0 Å². The number of rotatable bonds is 7. The molecule has 0 spiro atoms. The first-order valence-electron chi connectivity index (χ1n) is 6.32. The Balaban J connectivity index is 1.72. The Morgan fingerprint density at radius 3 is 2.81 bits per heavy atom. The van der Waals surface area contributed by atoms with E-state index in [-0.39, 0.29) is 0 Å². The summed E-state index contributed by atoms with van der Waals surface area (Å²) in [6, 6.07) is 0.799. The van der Waals surface area contributed by atoms with Crippen LogP contribution in [0.25, 0.3) is 0 Å². The Kier molecular flexibility index (Phi) is 4.29. The molecule has 1 unspecified atom stereocenters. The number of hydrogen-bond acceptors (Lipinski definition) is 4. The lowest BCUT2D eigenvalue weighted by molar-refractivity contribution is 0.556. The summed E-state index contributed by atoms with van der Waals surface area (Å²) in [7, 11) is 0. The molecule has 1 heterocycles. The topological polar surface area (TPSA) is 37.8 Å². The first-order valence-corrected chi connectivity index (χ1v) is 7.14. The minimum absolute atomic E-state index is 0.727. The summed E-state index contributed by atoms with van der Waals surface area (Å²) in [5.41, 5.74) is 0. The van der Waals surface area contributed by atoms with Crippen LogP contribution < -0.4 is 5.32 Å². The molecule has 1 aliphatic rings. The van der Waals surface area contributed by atoms with Gasteiger partial charge in [-0.25, -0.2) is 0 Å². The zero-order valence-corrected chi connectivity index (χ0v) is 11.0. The third-order valence-electron chi connectivity index (χ3n) is 3.08. The first kappa shape index (κ1) is 12.0. The highest BCUT2D eigenvalue weighted by atomic mass is 32.1. The lowest BCUT2D eigenvalue weighted by Gasteiger charge is -2.02. The van der Waals surface area contributed by atoms with Crippen LogP contribution in [0.4, 0.5) is 0 Å². The van der Waals surface area contributed by atoms with Crippen LogP contribution in [0.2, 0.25) is 0 Å². The van der Waals surface area contributed by atoms with Gasteiger partial charge >= 0.3 is 0 Å². The van der Waals surface area contributed by atoms with E-state index >= 15 is 0 Å². The van der Waals surface area contributed by atoms with Gasteiger partial charge in [0.2, 0.25) is 0 Å². The van der Waals surface area contributed by atoms with Crippen LogP contribution in [0.3, 0.4) is 0 Å². The van der Waals surface area contributed by atoms with Crippen molar-refractivity contribution in [2.24, 2.45) is 5.92 Å². The summed E-state index contributed by atoms with van der Waals surface area (Å²) in [4.78, 5) is 0. The zero-order valence-electron chi connectivity index (χ0n) is 10.2. The summed E-state index contributed by atoms with van der Waals surface area (Å²) in [5.74, 6) is 0.727. The number of nitrogens with zero attached hydrogens (tertiary/aromatic N) is 2. The van der Waals surface area contributed by atoms with Crippen molar-refractivity contribution in [2.75, 3.05) is 6.54 Å². The second kappa shape index (κ2) is 5.73. The first-order chi connectivity index (χ1) is 7.78. The van der Waals surface area contributed by atoms with E-state index in [9.17, 15) is 0 Å². The molecule has 0 aliphatic heterocycles. The second-order valence-electron chi connectivity index (χ2n) is 4.79. The van der Waals surface area contributed by atoms with Crippen molar-refractivity contribution >= 4 is 11.3 Å². The fraction of sp³-hybridized carbons (Fsp3) is 0.833. The molecule has 0 aromatic carbocycles. The molecule has 3 nitrogen and oxygen atoms in total. The Bertz CT molecular complexity index is 320. The van der Waals surface area contributed by atoms with Crippen molar-refractivity contribution in [1.29, 1.82) is 0 Å². The van der Waals surface area contributed by atoms with E-state index in [1.807, 2.05) is 0 Å². The zero-order chi connectivity index (χ0) is 11.4. The van der Waals surface area contributed by atoms with Gasteiger partial charge in [-0.05, 0) is 18.8 Å². The van der Waals surface area contributed by atoms with Crippen molar-refractivity contribution in [3.63, 3.8) is 0 Å². The maximum atomic E-state index is 4.26. The van der Waals surface area contributed by atoms with Crippen LogP contribution in [0.15, 0.2) is 0 Å². The van der Waals surface area contributed by atoms with E-state index in [1.54, 1.807) is 11.3 Å². The molecule has 1 N–H and O–H groups in total. The molecule has 90 valence electrons. The standard InChI is InChI=1S/C12H21N3S/c1-3-9(2)8-12-15-14-11(16-12)6-7-13-10-4-5-10/h9-10,13H,3-8H2,1-2H3. The molecule has 16 heavy (non-hydrogen) atoms. The molecule has 1 fully saturated rings. The molecule has 4 heteroatoms. The molecule has 1 aromatic heterocycles. The van der Waals surface area contributed by atoms with Gasteiger partial charge in [-0.1, -0.05) is 20.3 Å². The maximum Gasteiger partial charge on any atom is 0.118 e. The third-order valence-corrected chi connectivity index (χ3v) is 4.08. The van der Waals surface area contributed by atoms with Crippen LogP contribution in [0.1, 0.15) is 43.1 Å². The highest BCUT2D eigenvalue weighted by Gasteiger charge is 2.19. The minimum atomic E-state index is 0.727. The van der Waals surface area contributed by atoms with Gasteiger partial charge in [0.1, 0.15) is 10.0 Å². The van der Waals surface area contributed by atoms with Crippen LogP contribution in [0, 0.1) is 5.92 Å². The van der Waals surface area contributed by atoms with E-state index in [4.69, 9.17) is 0 Å². The summed E-state index contributed by atoms with van der Waals surface area (Å²) >= 11 is 1.79. The molecule has 1 atom stereocenters. The quantitative estimate of drug-likeness (QED) is 0.794. The smallest absolute Gasteiger partial charge is 0.118 e. The fourth-order valence-electron chi connectivity index (χ4n) is 1.58. The highest BCUT2D eigenvalue weighted by Crippen LogP contribution is 2.19. The maximum absolute atomic E-state index is 4.26. The lowest BCUT2D eigenvalue weighted by Crippen LogP contribution is -2.19. The Morgan fingerprint density at radius 2 is 2.12 bits per heavy atom. The molecule has 0 saturated heterocycles. The molecule has 0 bridgehead atoms.